The van der Waals surface area contributed by atoms with Crippen molar-refractivity contribution in [1.82, 2.24) is 15.3 Å². The molecule has 312 valence electrons. The van der Waals surface area contributed by atoms with Crippen LogP contribution in [-0.2, 0) is 30.6 Å². The highest BCUT2D eigenvalue weighted by Crippen LogP contribution is 2.37. The Morgan fingerprint density at radius 3 is 1.54 bits per heavy atom. The second-order valence-electron chi connectivity index (χ2n) is 12.7. The monoisotopic (exact) mass is 902 g/mol. The van der Waals surface area contributed by atoms with E-state index in [0.717, 1.165) is 22.5 Å². The van der Waals surface area contributed by atoms with Gasteiger partial charge in [-0.15, -0.1) is 35.6 Å². The molecule has 0 fully saturated rings. The van der Waals surface area contributed by atoms with Crippen LogP contribution in [-0.4, -0.2) is 42.0 Å². The molecule has 0 aliphatic heterocycles. The molecule has 2 heterocycles. The van der Waals surface area contributed by atoms with Crippen molar-refractivity contribution in [3.8, 4) is 33.8 Å². The fraction of sp³-hybridized carbons (Fsp3) is 0.222. The average Bonchev–Trinajstić information content (AvgIpc) is 3.22. The molecular weight excluding hydrogens is 860 g/mol. The van der Waals surface area contributed by atoms with E-state index in [1.54, 1.807) is 73.1 Å². The molecular formula is C45H45Cl5F2N4O3. The Balaban J connectivity index is 0.000000295. The summed E-state index contributed by atoms with van der Waals surface area (Å²) in [5, 5.41) is 4.05. The number of aryl methyl sites for hydroxylation is 1. The zero-order chi connectivity index (χ0) is 42.0. The predicted molar refractivity (Wildman–Crippen MR) is 240 cm³/mol. The van der Waals surface area contributed by atoms with Gasteiger partial charge in [-0.05, 0) is 95.3 Å². The second-order valence-corrected chi connectivity index (χ2v) is 14.4. The van der Waals surface area contributed by atoms with Crippen LogP contribution in [0.25, 0.3) is 22.3 Å². The summed E-state index contributed by atoms with van der Waals surface area (Å²) in [5.41, 5.74) is 12.3. The first-order valence-electron chi connectivity index (χ1n) is 18.2. The number of carbonyl (C=O) groups excluding carboxylic acids is 1. The van der Waals surface area contributed by atoms with Gasteiger partial charge in [-0.25, -0.2) is 8.78 Å². The molecule has 0 saturated carbocycles. The van der Waals surface area contributed by atoms with Gasteiger partial charge >= 0.3 is 0 Å². The molecule has 2 aromatic heterocycles. The predicted octanol–water partition coefficient (Wildman–Crippen LogP) is 11.7. The molecule has 0 aliphatic rings. The normalized spacial score (nSPS) is 10.3. The molecule has 0 unspecified atom stereocenters. The van der Waals surface area contributed by atoms with Crippen LogP contribution in [0.1, 0.15) is 47.0 Å². The van der Waals surface area contributed by atoms with E-state index in [2.05, 4.69) is 15.3 Å². The lowest BCUT2D eigenvalue weighted by Crippen LogP contribution is -2.22. The lowest BCUT2D eigenvalue weighted by atomic mass is 9.97. The van der Waals surface area contributed by atoms with Crippen molar-refractivity contribution in [2.75, 3.05) is 26.1 Å². The van der Waals surface area contributed by atoms with Crippen LogP contribution in [0.2, 0.25) is 10.0 Å². The minimum Gasteiger partial charge on any atom is -0.496 e. The zero-order valence-electron chi connectivity index (χ0n) is 32.7. The number of benzene rings is 4. The molecule has 0 radical (unpaired) electrons. The Morgan fingerprint density at radius 1 is 0.712 bits per heavy atom. The number of nitrogens with one attached hydrogen (secondary N) is 1. The minimum absolute atomic E-state index is 0. The fourth-order valence-corrected chi connectivity index (χ4v) is 6.38. The van der Waals surface area contributed by atoms with Crippen LogP contribution in [0.15, 0.2) is 109 Å². The fourth-order valence-electron chi connectivity index (χ4n) is 6.00. The lowest BCUT2D eigenvalue weighted by Gasteiger charge is -2.14. The molecule has 4 aromatic carbocycles. The Labute approximate surface area is 370 Å². The topological polar surface area (TPSA) is 99.4 Å². The van der Waals surface area contributed by atoms with E-state index in [1.807, 2.05) is 43.3 Å². The van der Waals surface area contributed by atoms with E-state index in [4.69, 9.17) is 61.6 Å². The number of carbonyl (C=O) groups is 1. The second kappa shape index (κ2) is 25.2. The summed E-state index contributed by atoms with van der Waals surface area (Å²) in [6.07, 6.45) is 5.26. The highest BCUT2D eigenvalue weighted by molar-refractivity contribution is 6.40. The first kappa shape index (κ1) is 48.9. The molecule has 6 rings (SSSR count). The van der Waals surface area contributed by atoms with E-state index < -0.39 is 0 Å². The summed E-state index contributed by atoms with van der Waals surface area (Å²) in [4.78, 5) is 20.3. The molecule has 6 aromatic rings. The van der Waals surface area contributed by atoms with Crippen LogP contribution in [0.4, 0.5) is 8.78 Å². The summed E-state index contributed by atoms with van der Waals surface area (Å²) in [7, 11) is 3.05. The molecule has 1 amide bonds. The SMILES string of the molecule is CCNC(=O)CCc1ccc(Cc2ccc(OC)c(-c3cccc(Cl)c3)c2F)cn1.COc1ccc(Cc2ccc(CN)nc2)c(F)c1-c1cccc(Cl)c1.Cl.ClCCl. The highest BCUT2D eigenvalue weighted by Gasteiger charge is 2.18. The van der Waals surface area contributed by atoms with Gasteiger partial charge in [0.1, 0.15) is 23.1 Å². The Bertz CT molecular complexity index is 2250. The van der Waals surface area contributed by atoms with Gasteiger partial charge in [-0.3, -0.25) is 14.8 Å². The van der Waals surface area contributed by atoms with Gasteiger partial charge in [0.25, 0.3) is 0 Å². The van der Waals surface area contributed by atoms with Crippen molar-refractivity contribution in [2.24, 2.45) is 5.73 Å². The van der Waals surface area contributed by atoms with Gasteiger partial charge in [0.15, 0.2) is 0 Å². The number of aromatic nitrogens is 2. The number of ether oxygens (including phenoxy) is 2. The third kappa shape index (κ3) is 14.3. The zero-order valence-corrected chi connectivity index (χ0v) is 36.6. The highest BCUT2D eigenvalue weighted by atomic mass is 35.5. The third-order valence-corrected chi connectivity index (χ3v) is 9.26. The van der Waals surface area contributed by atoms with Crippen molar-refractivity contribution >= 4 is 64.7 Å². The van der Waals surface area contributed by atoms with E-state index in [1.165, 1.54) is 14.2 Å². The Hall–Kier alpha value is -4.48. The van der Waals surface area contributed by atoms with Crippen LogP contribution in [0.5, 0.6) is 11.5 Å². The van der Waals surface area contributed by atoms with Crippen molar-refractivity contribution < 1.29 is 23.0 Å². The summed E-state index contributed by atoms with van der Waals surface area (Å²) in [5.74, 6) is 0.288. The number of rotatable bonds is 13. The number of nitrogens with two attached hydrogens (primary N) is 1. The standard InChI is InChI=1S/C24H24ClFN2O2.C20H18ClFN2O.CH2Cl2.ClH/c1-3-27-22(29)12-10-20-9-7-16(15-28-20)13-18-8-11-21(30-2)23(24(18)26)17-5-4-6-19(25)14-17;1-25-18-8-6-15(9-13-5-7-17(11-23)24-12-13)20(22)19(18)14-3-2-4-16(21)10-14;2-1-3;/h4-9,11,14-15H,3,10,12-13H2,1-2H3,(H,27,29);2-8,10,12H,9,11,23H2,1H3;1H2;1H. The number of nitrogens with zero attached hydrogens (tertiary/aromatic N) is 2. The van der Waals surface area contributed by atoms with Gasteiger partial charge in [-0.2, -0.15) is 0 Å². The third-order valence-electron chi connectivity index (χ3n) is 8.79. The van der Waals surface area contributed by atoms with E-state index in [0.29, 0.717) is 93.7 Å². The van der Waals surface area contributed by atoms with Gasteiger partial charge in [-0.1, -0.05) is 71.7 Å². The maximum atomic E-state index is 15.4. The minimum atomic E-state index is -0.336. The van der Waals surface area contributed by atoms with Gasteiger partial charge in [0.05, 0.1) is 36.4 Å². The molecule has 0 atom stereocenters. The first-order valence-corrected chi connectivity index (χ1v) is 20.1. The summed E-state index contributed by atoms with van der Waals surface area (Å²) >= 11 is 21.7. The molecule has 0 spiro atoms. The van der Waals surface area contributed by atoms with Crippen LogP contribution >= 0.6 is 58.8 Å². The Morgan fingerprint density at radius 2 is 1.17 bits per heavy atom. The number of halogens is 7. The molecule has 0 bridgehead atoms. The van der Waals surface area contributed by atoms with E-state index in [9.17, 15) is 4.79 Å². The van der Waals surface area contributed by atoms with Crippen molar-refractivity contribution in [3.63, 3.8) is 0 Å². The number of methoxy groups -OCH3 is 2. The molecule has 59 heavy (non-hydrogen) atoms. The first-order chi connectivity index (χ1) is 28.0. The van der Waals surface area contributed by atoms with Crippen molar-refractivity contribution in [3.05, 3.63) is 165 Å². The number of alkyl halides is 2. The van der Waals surface area contributed by atoms with Gasteiger partial charge < -0.3 is 20.5 Å². The maximum absolute atomic E-state index is 15.4. The average molecular weight is 905 g/mol. The summed E-state index contributed by atoms with van der Waals surface area (Å²) in [6, 6.07) is 28.7. The summed E-state index contributed by atoms with van der Waals surface area (Å²) in [6.45, 7) is 2.90. The molecule has 0 aliphatic carbocycles. The largest absolute Gasteiger partial charge is 0.496 e. The Kier molecular flexibility index (Phi) is 20.9. The maximum Gasteiger partial charge on any atom is 0.220 e. The number of hydrogen-bond acceptors (Lipinski definition) is 6. The molecule has 0 saturated heterocycles. The van der Waals surface area contributed by atoms with Gasteiger partial charge in [0, 0.05) is 60.5 Å². The summed E-state index contributed by atoms with van der Waals surface area (Å²) < 4.78 is 41.3. The van der Waals surface area contributed by atoms with Crippen LogP contribution in [0.3, 0.4) is 0 Å². The van der Waals surface area contributed by atoms with Crippen molar-refractivity contribution in [2.45, 2.75) is 39.2 Å². The van der Waals surface area contributed by atoms with E-state index >= 15 is 8.78 Å². The number of hydrogen-bond donors (Lipinski definition) is 2. The van der Waals surface area contributed by atoms with Crippen LogP contribution in [0, 0.1) is 11.6 Å². The lowest BCUT2D eigenvalue weighted by molar-refractivity contribution is -0.120. The number of pyridine rings is 2. The van der Waals surface area contributed by atoms with Crippen LogP contribution < -0.4 is 20.5 Å². The smallest absolute Gasteiger partial charge is 0.220 e. The van der Waals surface area contributed by atoms with E-state index in [-0.39, 0.29) is 35.3 Å². The molecule has 7 nitrogen and oxygen atoms in total. The number of amides is 1. The quantitative estimate of drug-likeness (QED) is 0.112. The van der Waals surface area contributed by atoms with Crippen molar-refractivity contribution in [1.29, 1.82) is 0 Å². The van der Waals surface area contributed by atoms with Gasteiger partial charge in [0.2, 0.25) is 5.91 Å². The molecule has 14 heteroatoms. The molecule has 3 N–H and O–H groups in total.